The van der Waals surface area contributed by atoms with Gasteiger partial charge in [0.1, 0.15) is 6.54 Å². The molecule has 0 atom stereocenters. The Morgan fingerprint density at radius 1 is 1.62 bits per heavy atom. The Morgan fingerprint density at radius 3 is 3.19 bits per heavy atom. The zero-order valence-corrected chi connectivity index (χ0v) is 8.66. The molecule has 84 valence electrons. The van der Waals surface area contributed by atoms with Gasteiger partial charge in [-0.1, -0.05) is 16.9 Å². The molecule has 0 aliphatic carbocycles. The van der Waals surface area contributed by atoms with E-state index in [4.69, 9.17) is 5.11 Å². The van der Waals surface area contributed by atoms with Crippen molar-refractivity contribution in [2.45, 2.75) is 17.5 Å². The summed E-state index contributed by atoms with van der Waals surface area (Å²) >= 11 is 1.23. The summed E-state index contributed by atoms with van der Waals surface area (Å²) in [5.74, 6) is -0.0974. The fourth-order valence-electron chi connectivity index (χ4n) is 0.912. The number of hydrogen-bond acceptors (Lipinski definition) is 8. The van der Waals surface area contributed by atoms with Gasteiger partial charge in [-0.25, -0.2) is 4.68 Å². The van der Waals surface area contributed by atoms with E-state index in [0.717, 1.165) is 0 Å². The first-order valence-electron chi connectivity index (χ1n) is 4.11. The second-order valence-electron chi connectivity index (χ2n) is 2.65. The number of carboxylic acid groups (broad SMARTS) is 1. The van der Waals surface area contributed by atoms with Crippen LogP contribution >= 0.6 is 11.8 Å². The van der Waals surface area contributed by atoms with Crippen LogP contribution in [-0.2, 0) is 17.1 Å². The third kappa shape index (κ3) is 2.53. The van der Waals surface area contributed by atoms with Gasteiger partial charge in [0.15, 0.2) is 5.82 Å². The van der Waals surface area contributed by atoms with Gasteiger partial charge in [-0.2, -0.15) is 4.98 Å². The summed E-state index contributed by atoms with van der Waals surface area (Å²) in [5.41, 5.74) is 0. The maximum Gasteiger partial charge on any atom is 0.325 e. The standard InChI is InChI=1S/C6H6N6O3S/c13-5(14)1-12-6(8-10-11-12)16-2-4-7-3-15-9-4/h3H,1-2H2,(H,13,14). The van der Waals surface area contributed by atoms with Crippen molar-refractivity contribution in [2.24, 2.45) is 0 Å². The topological polar surface area (TPSA) is 120 Å². The van der Waals surface area contributed by atoms with Crippen LogP contribution in [0, 0.1) is 0 Å². The molecule has 10 heteroatoms. The maximum absolute atomic E-state index is 10.5. The minimum absolute atomic E-state index is 0.276. The maximum atomic E-state index is 10.5. The lowest BCUT2D eigenvalue weighted by molar-refractivity contribution is -0.138. The molecule has 0 saturated heterocycles. The summed E-state index contributed by atoms with van der Waals surface area (Å²) in [7, 11) is 0. The van der Waals surface area contributed by atoms with Crippen LogP contribution in [0.15, 0.2) is 16.1 Å². The largest absolute Gasteiger partial charge is 0.480 e. The highest BCUT2D eigenvalue weighted by molar-refractivity contribution is 7.98. The highest BCUT2D eigenvalue weighted by Crippen LogP contribution is 2.17. The Morgan fingerprint density at radius 2 is 2.50 bits per heavy atom. The lowest BCUT2D eigenvalue weighted by Crippen LogP contribution is -2.11. The average Bonchev–Trinajstić information content (AvgIpc) is 2.84. The third-order valence-electron chi connectivity index (χ3n) is 1.52. The number of carboxylic acids is 1. The van der Waals surface area contributed by atoms with Gasteiger partial charge in [0.2, 0.25) is 11.6 Å². The molecule has 0 saturated carbocycles. The summed E-state index contributed by atoms with van der Waals surface area (Å²) in [6.07, 6.45) is 1.22. The van der Waals surface area contributed by atoms with Crippen LogP contribution < -0.4 is 0 Å². The molecule has 0 bridgehead atoms. The molecule has 0 aromatic carbocycles. The van der Waals surface area contributed by atoms with Crippen molar-refractivity contribution < 1.29 is 14.4 Å². The van der Waals surface area contributed by atoms with Gasteiger partial charge in [-0.15, -0.1) is 5.10 Å². The fraction of sp³-hybridized carbons (Fsp3) is 0.333. The molecular formula is C6H6N6O3S. The minimum Gasteiger partial charge on any atom is -0.480 e. The van der Waals surface area contributed by atoms with E-state index in [0.29, 0.717) is 16.7 Å². The Hall–Kier alpha value is -1.97. The molecule has 0 unspecified atom stereocenters. The lowest BCUT2D eigenvalue weighted by Gasteiger charge is -1.98. The first-order chi connectivity index (χ1) is 7.75. The molecular weight excluding hydrogens is 236 g/mol. The molecule has 1 N–H and O–H groups in total. The molecule has 0 radical (unpaired) electrons. The van der Waals surface area contributed by atoms with Crippen molar-refractivity contribution in [3.63, 3.8) is 0 Å². The van der Waals surface area contributed by atoms with Crippen LogP contribution in [0.4, 0.5) is 0 Å². The number of nitrogens with zero attached hydrogens (tertiary/aromatic N) is 6. The Kier molecular flexibility index (Phi) is 3.10. The number of tetrazole rings is 1. The minimum atomic E-state index is -1.01. The number of aliphatic carboxylic acids is 1. The van der Waals surface area contributed by atoms with Crippen molar-refractivity contribution >= 4 is 17.7 Å². The summed E-state index contributed by atoms with van der Waals surface area (Å²) in [4.78, 5) is 14.3. The number of thioether (sulfide) groups is 1. The van der Waals surface area contributed by atoms with Gasteiger partial charge in [0, 0.05) is 0 Å². The fourth-order valence-corrected chi connectivity index (χ4v) is 1.64. The molecule has 2 aromatic heterocycles. The third-order valence-corrected chi connectivity index (χ3v) is 2.47. The predicted octanol–water partition coefficient (Wildman–Crippen LogP) is -0.567. The number of rotatable bonds is 5. The summed E-state index contributed by atoms with van der Waals surface area (Å²) < 4.78 is 5.74. The quantitative estimate of drug-likeness (QED) is 0.687. The van der Waals surface area contributed by atoms with E-state index in [1.54, 1.807) is 0 Å². The van der Waals surface area contributed by atoms with Crippen molar-refractivity contribution in [3.8, 4) is 0 Å². The van der Waals surface area contributed by atoms with E-state index in [1.807, 2.05) is 0 Å². The molecule has 0 fully saturated rings. The monoisotopic (exact) mass is 242 g/mol. The molecule has 2 aromatic rings. The van der Waals surface area contributed by atoms with Gasteiger partial charge >= 0.3 is 5.97 Å². The van der Waals surface area contributed by atoms with E-state index in [9.17, 15) is 4.79 Å². The van der Waals surface area contributed by atoms with E-state index in [2.05, 4.69) is 30.2 Å². The SMILES string of the molecule is O=C(O)Cn1nnnc1SCc1ncon1. The smallest absolute Gasteiger partial charge is 0.325 e. The van der Waals surface area contributed by atoms with E-state index < -0.39 is 5.97 Å². The highest BCUT2D eigenvalue weighted by Gasteiger charge is 2.11. The van der Waals surface area contributed by atoms with E-state index in [1.165, 1.54) is 22.8 Å². The number of carbonyl (C=O) groups is 1. The van der Waals surface area contributed by atoms with Crippen molar-refractivity contribution in [1.29, 1.82) is 0 Å². The van der Waals surface area contributed by atoms with Gasteiger partial charge in [0.25, 0.3) is 0 Å². The first-order valence-corrected chi connectivity index (χ1v) is 5.10. The zero-order valence-electron chi connectivity index (χ0n) is 7.85. The van der Waals surface area contributed by atoms with Gasteiger partial charge < -0.3 is 9.63 Å². The number of hydrogen-bond donors (Lipinski definition) is 1. The zero-order chi connectivity index (χ0) is 11.4. The molecule has 0 amide bonds. The van der Waals surface area contributed by atoms with Crippen LogP contribution in [0.2, 0.25) is 0 Å². The molecule has 2 rings (SSSR count). The van der Waals surface area contributed by atoms with Crippen LogP contribution in [-0.4, -0.2) is 41.4 Å². The second-order valence-corrected chi connectivity index (χ2v) is 3.59. The van der Waals surface area contributed by atoms with Crippen molar-refractivity contribution in [1.82, 2.24) is 30.3 Å². The Bertz CT molecular complexity index is 468. The molecule has 2 heterocycles. The predicted molar refractivity (Wildman–Crippen MR) is 49.3 cm³/mol. The molecule has 16 heavy (non-hydrogen) atoms. The first kappa shape index (κ1) is 10.5. The van der Waals surface area contributed by atoms with Gasteiger partial charge in [0.05, 0.1) is 5.75 Å². The van der Waals surface area contributed by atoms with Crippen LogP contribution in [0.5, 0.6) is 0 Å². The number of aromatic nitrogens is 6. The Labute approximate surface area is 92.8 Å². The molecule has 9 nitrogen and oxygen atoms in total. The molecule has 0 aliphatic heterocycles. The van der Waals surface area contributed by atoms with Crippen LogP contribution in [0.1, 0.15) is 5.82 Å². The van der Waals surface area contributed by atoms with Crippen molar-refractivity contribution in [3.05, 3.63) is 12.2 Å². The molecule has 0 aliphatic rings. The summed E-state index contributed by atoms with van der Waals surface area (Å²) in [6.45, 7) is -0.276. The van der Waals surface area contributed by atoms with Gasteiger partial charge in [-0.3, -0.25) is 4.79 Å². The average molecular weight is 242 g/mol. The summed E-state index contributed by atoms with van der Waals surface area (Å²) in [5, 5.41) is 23.2. The summed E-state index contributed by atoms with van der Waals surface area (Å²) in [6, 6.07) is 0. The molecule has 0 spiro atoms. The van der Waals surface area contributed by atoms with Crippen LogP contribution in [0.3, 0.4) is 0 Å². The Balaban J connectivity index is 1.99. The van der Waals surface area contributed by atoms with E-state index >= 15 is 0 Å². The van der Waals surface area contributed by atoms with Crippen LogP contribution in [0.25, 0.3) is 0 Å². The van der Waals surface area contributed by atoms with Crippen molar-refractivity contribution in [2.75, 3.05) is 0 Å². The van der Waals surface area contributed by atoms with Gasteiger partial charge in [-0.05, 0) is 10.4 Å². The highest BCUT2D eigenvalue weighted by atomic mass is 32.2. The second kappa shape index (κ2) is 4.70. The lowest BCUT2D eigenvalue weighted by atomic mass is 10.7. The normalized spacial score (nSPS) is 10.5. The van der Waals surface area contributed by atoms with E-state index in [-0.39, 0.29) is 6.54 Å².